The van der Waals surface area contributed by atoms with Crippen molar-refractivity contribution in [3.05, 3.63) is 28.6 Å². The van der Waals surface area contributed by atoms with Crippen LogP contribution in [0.25, 0.3) is 10.5 Å². The van der Waals surface area contributed by atoms with Gasteiger partial charge in [-0.2, -0.15) is 19.8 Å². The monoisotopic (exact) mass is 339 g/mol. The van der Waals surface area contributed by atoms with Gasteiger partial charge in [0.15, 0.2) is 17.2 Å². The fourth-order valence-corrected chi connectivity index (χ4v) is 2.80. The van der Waals surface area contributed by atoms with Crippen LogP contribution in [0.2, 0.25) is 0 Å². The van der Waals surface area contributed by atoms with Crippen molar-refractivity contribution in [1.29, 1.82) is 0 Å². The third-order valence-electron chi connectivity index (χ3n) is 3.97. The zero-order valence-corrected chi connectivity index (χ0v) is 15.5. The minimum atomic E-state index is -0.210. The molecule has 130 valence electrons. The van der Waals surface area contributed by atoms with E-state index in [0.717, 1.165) is 17.2 Å². The molecule has 25 heavy (non-hydrogen) atoms. The van der Waals surface area contributed by atoms with E-state index in [9.17, 15) is 0 Å². The number of azo groups is 1. The Hall–Kier alpha value is -3.02. The van der Waals surface area contributed by atoms with E-state index in [1.165, 1.54) is 0 Å². The summed E-state index contributed by atoms with van der Waals surface area (Å²) in [6.07, 6.45) is 0. The van der Waals surface area contributed by atoms with E-state index in [2.05, 4.69) is 51.1 Å². The molecular formula is C16H21N9. The molecule has 0 aliphatic carbocycles. The minimum Gasteiger partial charge on any atom is -0.260 e. The first-order chi connectivity index (χ1) is 11.6. The fraction of sp³-hybridized carbons (Fsp3) is 0.500. The quantitative estimate of drug-likeness (QED) is 0.527. The second-order valence-corrected chi connectivity index (χ2v) is 7.05. The first-order valence-corrected chi connectivity index (χ1v) is 7.90. The van der Waals surface area contributed by atoms with Crippen molar-refractivity contribution in [1.82, 2.24) is 29.2 Å². The minimum absolute atomic E-state index is 0.210. The average Bonchev–Trinajstić information content (AvgIpc) is 3.10. The normalized spacial score (nSPS) is 12.4. The number of rotatable bonds is 2. The molecule has 0 radical (unpaired) electrons. The average molecular weight is 339 g/mol. The largest absolute Gasteiger partial charge is 0.260 e. The lowest BCUT2D eigenvalue weighted by Crippen LogP contribution is -2.12. The Kier molecular flexibility index (Phi) is 3.71. The van der Waals surface area contributed by atoms with Crippen LogP contribution in [-0.4, -0.2) is 29.2 Å². The molecule has 9 heteroatoms. The molecule has 3 aromatic heterocycles. The van der Waals surface area contributed by atoms with Gasteiger partial charge < -0.3 is 0 Å². The third-order valence-corrected chi connectivity index (χ3v) is 3.97. The summed E-state index contributed by atoms with van der Waals surface area (Å²) in [7, 11) is 3.61. The van der Waals surface area contributed by atoms with Crippen LogP contribution in [0.3, 0.4) is 0 Å². The highest BCUT2D eigenvalue weighted by Crippen LogP contribution is 2.37. The molecule has 3 aromatic rings. The molecule has 0 aromatic carbocycles. The van der Waals surface area contributed by atoms with Gasteiger partial charge in [-0.05, 0) is 13.8 Å². The molecule has 0 unspecified atom stereocenters. The second-order valence-electron chi connectivity index (χ2n) is 7.05. The summed E-state index contributed by atoms with van der Waals surface area (Å²) in [5.41, 5.74) is 3.10. The van der Waals surface area contributed by atoms with Crippen LogP contribution < -0.4 is 0 Å². The van der Waals surface area contributed by atoms with Crippen molar-refractivity contribution < 1.29 is 0 Å². The molecule has 0 aliphatic heterocycles. The van der Waals surface area contributed by atoms with Crippen molar-refractivity contribution in [2.24, 2.45) is 24.3 Å². The summed E-state index contributed by atoms with van der Waals surface area (Å²) in [6, 6.07) is 0. The maximum absolute atomic E-state index is 7.34. The summed E-state index contributed by atoms with van der Waals surface area (Å²) in [5.74, 6) is 1.22. The maximum Gasteiger partial charge on any atom is 0.254 e. The van der Waals surface area contributed by atoms with Crippen molar-refractivity contribution in [2.45, 2.75) is 40.0 Å². The van der Waals surface area contributed by atoms with Crippen molar-refractivity contribution in [3.8, 4) is 0 Å². The van der Waals surface area contributed by atoms with Crippen molar-refractivity contribution in [3.63, 3.8) is 0 Å². The summed E-state index contributed by atoms with van der Waals surface area (Å²) in [6.45, 7) is 17.3. The van der Waals surface area contributed by atoms with E-state index in [0.29, 0.717) is 22.9 Å². The van der Waals surface area contributed by atoms with Gasteiger partial charge in [-0.25, -0.2) is 9.53 Å². The predicted octanol–water partition coefficient (Wildman–Crippen LogP) is 3.68. The highest BCUT2D eigenvalue weighted by Gasteiger charge is 2.27. The lowest BCUT2D eigenvalue weighted by atomic mass is 9.91. The lowest BCUT2D eigenvalue weighted by Gasteiger charge is -2.15. The zero-order valence-electron chi connectivity index (χ0n) is 15.5. The van der Waals surface area contributed by atoms with Crippen LogP contribution in [0, 0.1) is 20.4 Å². The Balaban J connectivity index is 2.24. The fourth-order valence-electron chi connectivity index (χ4n) is 2.80. The lowest BCUT2D eigenvalue weighted by molar-refractivity contribution is 0.561. The van der Waals surface area contributed by atoms with E-state index in [-0.39, 0.29) is 5.41 Å². The summed E-state index contributed by atoms with van der Waals surface area (Å²) in [5, 5.41) is 22.1. The molecule has 0 saturated carbocycles. The van der Waals surface area contributed by atoms with Gasteiger partial charge in [0.25, 0.3) is 5.69 Å². The van der Waals surface area contributed by atoms with E-state index < -0.39 is 0 Å². The highest BCUT2D eigenvalue weighted by molar-refractivity contribution is 5.70. The molecule has 3 heterocycles. The van der Waals surface area contributed by atoms with Gasteiger partial charge in [0.05, 0.1) is 18.0 Å². The SMILES string of the molecule is [C-]#[N+]c1c(C)nn(C)c1N=Nc1c(C(C)(C)C)nn2c(C)nn(C)c12. The van der Waals surface area contributed by atoms with E-state index in [1.807, 2.05) is 14.0 Å². The number of hydrogen-bond donors (Lipinski definition) is 0. The molecule has 0 fully saturated rings. The standard InChI is InChI=1S/C16H21N9/c1-9-11(17-6)14(23(7)20-9)19-18-12-13(16(3,4)5)22-25-10(2)21-24(8)15(12)25/h1-5,7-8H3. The van der Waals surface area contributed by atoms with Gasteiger partial charge in [-0.1, -0.05) is 20.8 Å². The first-order valence-electron chi connectivity index (χ1n) is 7.90. The molecule has 0 aliphatic rings. The summed E-state index contributed by atoms with van der Waals surface area (Å²) >= 11 is 0. The van der Waals surface area contributed by atoms with Crippen LogP contribution in [0.5, 0.6) is 0 Å². The van der Waals surface area contributed by atoms with Crippen LogP contribution in [0.15, 0.2) is 10.2 Å². The Morgan fingerprint density at radius 2 is 1.68 bits per heavy atom. The van der Waals surface area contributed by atoms with E-state index in [1.54, 1.807) is 27.9 Å². The van der Waals surface area contributed by atoms with Crippen LogP contribution in [0.1, 0.15) is 38.0 Å². The van der Waals surface area contributed by atoms with Gasteiger partial charge in [0, 0.05) is 19.5 Å². The summed E-state index contributed by atoms with van der Waals surface area (Å²) in [4.78, 5) is 3.52. The predicted molar refractivity (Wildman–Crippen MR) is 93.8 cm³/mol. The maximum atomic E-state index is 7.34. The van der Waals surface area contributed by atoms with Gasteiger partial charge in [0.2, 0.25) is 0 Å². The molecule has 0 atom stereocenters. The molecule has 0 amide bonds. The topological polar surface area (TPSA) is 82.0 Å². The highest BCUT2D eigenvalue weighted by atomic mass is 15.4. The second kappa shape index (κ2) is 5.51. The number of fused-ring (bicyclic) bond motifs is 1. The zero-order chi connectivity index (χ0) is 18.5. The van der Waals surface area contributed by atoms with Crippen LogP contribution in [0.4, 0.5) is 17.2 Å². The smallest absolute Gasteiger partial charge is 0.254 e. The number of hydrogen-bond acceptors (Lipinski definition) is 5. The van der Waals surface area contributed by atoms with E-state index in [4.69, 9.17) is 6.57 Å². The van der Waals surface area contributed by atoms with Crippen molar-refractivity contribution >= 4 is 22.8 Å². The molecule has 0 bridgehead atoms. The Labute approximate surface area is 145 Å². The molecular weight excluding hydrogens is 318 g/mol. The van der Waals surface area contributed by atoms with Gasteiger partial charge in [-0.15, -0.1) is 10.2 Å². The van der Waals surface area contributed by atoms with Gasteiger partial charge in [-0.3, -0.25) is 4.68 Å². The number of aryl methyl sites for hydroxylation is 4. The van der Waals surface area contributed by atoms with Crippen molar-refractivity contribution in [2.75, 3.05) is 0 Å². The van der Waals surface area contributed by atoms with Crippen LogP contribution in [-0.2, 0) is 19.5 Å². The third kappa shape index (κ3) is 2.59. The number of aromatic nitrogens is 6. The van der Waals surface area contributed by atoms with Gasteiger partial charge in [0.1, 0.15) is 5.82 Å². The first kappa shape index (κ1) is 16.8. The molecule has 3 rings (SSSR count). The van der Waals surface area contributed by atoms with E-state index >= 15 is 0 Å². The molecule has 0 N–H and O–H groups in total. The molecule has 9 nitrogen and oxygen atoms in total. The molecule has 0 saturated heterocycles. The summed E-state index contributed by atoms with van der Waals surface area (Å²) < 4.78 is 5.09. The Morgan fingerprint density at radius 3 is 2.28 bits per heavy atom. The van der Waals surface area contributed by atoms with Crippen LogP contribution >= 0.6 is 0 Å². The molecule has 0 spiro atoms. The Bertz CT molecular complexity index is 1030. The number of nitrogens with zero attached hydrogens (tertiary/aromatic N) is 9. The van der Waals surface area contributed by atoms with Gasteiger partial charge >= 0.3 is 0 Å². The Morgan fingerprint density at radius 1 is 1.00 bits per heavy atom.